The van der Waals surface area contributed by atoms with Crippen molar-refractivity contribution < 1.29 is 0 Å². The normalized spacial score (nSPS) is 13.3. The fourth-order valence-corrected chi connectivity index (χ4v) is 12.8. The van der Waals surface area contributed by atoms with Gasteiger partial charge in [0, 0.05) is 55.6 Å². The van der Waals surface area contributed by atoms with E-state index in [0.717, 1.165) is 54.0 Å². The van der Waals surface area contributed by atoms with Gasteiger partial charge in [-0.15, -0.1) is 0 Å². The molecule has 0 aliphatic heterocycles. The van der Waals surface area contributed by atoms with Crippen molar-refractivity contribution in [1.29, 1.82) is 0 Å². The molecule has 7 aromatic carbocycles. The first kappa shape index (κ1) is 50.3. The Labute approximate surface area is 446 Å². The van der Waals surface area contributed by atoms with Crippen LogP contribution in [-0.2, 0) is 19.3 Å². The summed E-state index contributed by atoms with van der Waals surface area (Å²) < 4.78 is 7.36. The Balaban J connectivity index is 0.974. The Hall–Kier alpha value is -6.91. The highest BCUT2D eigenvalue weighted by molar-refractivity contribution is 6.13. The summed E-state index contributed by atoms with van der Waals surface area (Å²) in [6.45, 7) is 14.0. The Kier molecular flexibility index (Phi) is 15.1. The van der Waals surface area contributed by atoms with Crippen LogP contribution in [-0.4, -0.2) is 18.7 Å². The summed E-state index contributed by atoms with van der Waals surface area (Å²) in [6.07, 6.45) is 20.7. The van der Waals surface area contributed by atoms with Crippen LogP contribution in [0.2, 0.25) is 0 Å². The van der Waals surface area contributed by atoms with E-state index >= 15 is 0 Å². The summed E-state index contributed by atoms with van der Waals surface area (Å²) in [7, 11) is 0. The number of para-hydroxylation sites is 1. The van der Waals surface area contributed by atoms with Gasteiger partial charge in [0.2, 0.25) is 0 Å². The minimum atomic E-state index is 0.720. The van der Waals surface area contributed by atoms with Crippen molar-refractivity contribution in [3.05, 3.63) is 181 Å². The monoisotopic (exact) mass is 987 g/mol. The standard InChI is InChI=1S/C71H78N4/c1-7-13-20-49(10-4)41-52-28-33-57(34-29-52)75-70-38-32-56(47-64(70)61-26-19-40-72-71(61)75)55-23-18-24-58(46-55)73-66-27-17-16-25-60(66)65-48-59(35-39-69(65)73)74-67-36-30-53(42-50(11-5)21-14-8-2)44-62(67)63-45-54(31-37-68(63)74)43-51(12-6)22-15-9-3/h16-19,23-40,44-51H,7-15,20-22,41-43H2,1-6H3. The molecule has 0 radical (unpaired) electrons. The number of hydrogen-bond donors (Lipinski definition) is 0. The third-order valence-electron chi connectivity index (χ3n) is 17.2. The first-order valence-electron chi connectivity index (χ1n) is 29.1. The fraction of sp³-hybridized carbons (Fsp3) is 0.338. The highest BCUT2D eigenvalue weighted by Gasteiger charge is 2.21. The Bertz CT molecular complexity index is 3670. The summed E-state index contributed by atoms with van der Waals surface area (Å²) in [5, 5.41) is 7.66. The van der Waals surface area contributed by atoms with Crippen LogP contribution in [0.3, 0.4) is 0 Å². The lowest BCUT2D eigenvalue weighted by Gasteiger charge is -2.15. The molecule has 75 heavy (non-hydrogen) atoms. The van der Waals surface area contributed by atoms with Gasteiger partial charge in [-0.3, -0.25) is 4.57 Å². The van der Waals surface area contributed by atoms with Crippen LogP contribution in [0.5, 0.6) is 0 Å². The molecule has 0 spiro atoms. The Morgan fingerprint density at radius 2 is 0.813 bits per heavy atom. The van der Waals surface area contributed by atoms with Crippen LogP contribution in [0, 0.1) is 17.8 Å². The lowest BCUT2D eigenvalue weighted by Crippen LogP contribution is -2.04. The topological polar surface area (TPSA) is 27.7 Å². The predicted octanol–water partition coefficient (Wildman–Crippen LogP) is 20.3. The third-order valence-corrected chi connectivity index (χ3v) is 17.2. The molecule has 0 amide bonds. The minimum Gasteiger partial charge on any atom is -0.309 e. The van der Waals surface area contributed by atoms with Crippen molar-refractivity contribution in [2.24, 2.45) is 17.8 Å². The zero-order chi connectivity index (χ0) is 51.4. The predicted molar refractivity (Wildman–Crippen MR) is 324 cm³/mol. The van der Waals surface area contributed by atoms with Crippen molar-refractivity contribution in [2.75, 3.05) is 0 Å². The first-order chi connectivity index (χ1) is 36.9. The Morgan fingerprint density at radius 3 is 1.43 bits per heavy atom. The number of hydrogen-bond acceptors (Lipinski definition) is 1. The maximum Gasteiger partial charge on any atom is 0.145 e. The second kappa shape index (κ2) is 22.5. The van der Waals surface area contributed by atoms with Gasteiger partial charge in [0.05, 0.1) is 27.6 Å². The van der Waals surface area contributed by atoms with E-state index in [1.807, 2.05) is 6.20 Å². The van der Waals surface area contributed by atoms with Gasteiger partial charge in [0.25, 0.3) is 0 Å². The van der Waals surface area contributed by atoms with Crippen molar-refractivity contribution in [3.63, 3.8) is 0 Å². The average Bonchev–Trinajstić information content (AvgIpc) is 4.09. The molecule has 3 unspecified atom stereocenters. The van der Waals surface area contributed by atoms with Crippen molar-refractivity contribution in [3.8, 4) is 28.2 Å². The molecule has 3 atom stereocenters. The molecular formula is C71H78N4. The number of nitrogens with zero attached hydrogens (tertiary/aromatic N) is 4. The molecule has 0 bridgehead atoms. The summed E-state index contributed by atoms with van der Waals surface area (Å²) >= 11 is 0. The van der Waals surface area contributed by atoms with E-state index in [4.69, 9.17) is 4.98 Å². The third kappa shape index (κ3) is 9.94. The molecule has 0 aliphatic carbocycles. The van der Waals surface area contributed by atoms with E-state index in [-0.39, 0.29) is 0 Å². The molecule has 4 heteroatoms. The summed E-state index contributed by atoms with van der Waals surface area (Å²) in [5.41, 5.74) is 17.4. The van der Waals surface area contributed by atoms with Crippen molar-refractivity contribution in [1.82, 2.24) is 18.7 Å². The molecule has 4 nitrogen and oxygen atoms in total. The van der Waals surface area contributed by atoms with Crippen molar-refractivity contribution >= 4 is 65.5 Å². The van der Waals surface area contributed by atoms with E-state index < -0.39 is 0 Å². The van der Waals surface area contributed by atoms with Gasteiger partial charge < -0.3 is 9.13 Å². The lowest BCUT2D eigenvalue weighted by atomic mass is 9.90. The minimum absolute atomic E-state index is 0.720. The number of aromatic nitrogens is 4. The van der Waals surface area contributed by atoms with Crippen LogP contribution in [0.1, 0.15) is 135 Å². The maximum absolute atomic E-state index is 4.98. The molecular weight excluding hydrogens is 909 g/mol. The zero-order valence-corrected chi connectivity index (χ0v) is 45.7. The summed E-state index contributed by atoms with van der Waals surface area (Å²) in [4.78, 5) is 4.98. The number of unbranched alkanes of at least 4 members (excludes halogenated alkanes) is 3. The molecule has 0 fully saturated rings. The van der Waals surface area contributed by atoms with E-state index in [0.29, 0.717) is 0 Å². The lowest BCUT2D eigenvalue weighted by molar-refractivity contribution is 0.449. The van der Waals surface area contributed by atoms with Crippen LogP contribution in [0.4, 0.5) is 0 Å². The van der Waals surface area contributed by atoms with E-state index in [1.165, 1.54) is 170 Å². The highest BCUT2D eigenvalue weighted by Crippen LogP contribution is 2.40. The average molecular weight is 987 g/mol. The molecule has 0 aliphatic rings. The number of benzene rings is 7. The second-order valence-corrected chi connectivity index (χ2v) is 22.1. The largest absolute Gasteiger partial charge is 0.309 e. The van der Waals surface area contributed by atoms with Gasteiger partial charge in [0.1, 0.15) is 5.65 Å². The van der Waals surface area contributed by atoms with E-state index in [2.05, 4.69) is 213 Å². The molecule has 0 saturated carbocycles. The molecule has 11 rings (SSSR count). The smallest absolute Gasteiger partial charge is 0.145 e. The molecule has 4 aromatic heterocycles. The molecule has 11 aromatic rings. The SMILES string of the molecule is CCCCC(CC)Cc1ccc(-n2c3ccc(-c4cccc(-n5c6ccccc6c6cc(-n7c8ccc(CC(CC)CCCC)cc8c8cc(CC(CC)CCCC)ccc87)ccc65)c4)cc3c3cccnc32)cc1. The van der Waals surface area contributed by atoms with Gasteiger partial charge in [-0.2, -0.15) is 0 Å². The van der Waals surface area contributed by atoms with Crippen LogP contribution < -0.4 is 0 Å². The number of rotatable bonds is 22. The Morgan fingerprint density at radius 1 is 0.347 bits per heavy atom. The zero-order valence-electron chi connectivity index (χ0n) is 45.7. The molecule has 0 N–H and O–H groups in total. The molecule has 0 saturated heterocycles. The van der Waals surface area contributed by atoms with Gasteiger partial charge >= 0.3 is 0 Å². The molecule has 4 heterocycles. The van der Waals surface area contributed by atoms with Gasteiger partial charge in [-0.25, -0.2) is 4.98 Å². The first-order valence-corrected chi connectivity index (χ1v) is 29.1. The van der Waals surface area contributed by atoms with Crippen molar-refractivity contribution in [2.45, 2.75) is 138 Å². The van der Waals surface area contributed by atoms with E-state index in [9.17, 15) is 0 Å². The highest BCUT2D eigenvalue weighted by atomic mass is 15.0. The second-order valence-electron chi connectivity index (χ2n) is 22.1. The molecule has 382 valence electrons. The number of pyridine rings is 1. The number of fused-ring (bicyclic) bond motifs is 9. The van der Waals surface area contributed by atoms with Gasteiger partial charge in [-0.05, 0) is 162 Å². The maximum atomic E-state index is 4.98. The van der Waals surface area contributed by atoms with Gasteiger partial charge in [-0.1, -0.05) is 179 Å². The summed E-state index contributed by atoms with van der Waals surface area (Å²) in [5.74, 6) is 2.18. The fourth-order valence-electron chi connectivity index (χ4n) is 12.8. The van der Waals surface area contributed by atoms with Crippen LogP contribution >= 0.6 is 0 Å². The summed E-state index contributed by atoms with van der Waals surface area (Å²) in [6, 6.07) is 60.6. The quantitative estimate of drug-likeness (QED) is 0.0665. The van der Waals surface area contributed by atoms with E-state index in [1.54, 1.807) is 0 Å². The van der Waals surface area contributed by atoms with Crippen LogP contribution in [0.15, 0.2) is 164 Å². The van der Waals surface area contributed by atoms with Crippen LogP contribution in [0.25, 0.3) is 93.7 Å². The van der Waals surface area contributed by atoms with Gasteiger partial charge in [0.15, 0.2) is 0 Å².